The van der Waals surface area contributed by atoms with Gasteiger partial charge in [0.1, 0.15) is 10.3 Å². The number of methoxy groups -OCH3 is 1. The first-order chi connectivity index (χ1) is 6.97. The highest BCUT2D eigenvalue weighted by molar-refractivity contribution is 14.1. The lowest BCUT2D eigenvalue weighted by Gasteiger charge is -2.07. The van der Waals surface area contributed by atoms with E-state index in [2.05, 4.69) is 25.7 Å². The normalized spacial score (nSPS) is 10.5. The standard InChI is InChI=1S/C8H5BrF2INO2/c1-15-8(14)3-2-4(9)13-6(5(3)12)7(10)11/h2,7H,1H3. The van der Waals surface area contributed by atoms with Crippen LogP contribution in [0.25, 0.3) is 0 Å². The predicted octanol–water partition coefficient (Wildman–Crippen LogP) is 3.17. The molecule has 0 radical (unpaired) electrons. The molecule has 1 heterocycles. The second-order valence-corrected chi connectivity index (χ2v) is 4.38. The Morgan fingerprint density at radius 3 is 2.73 bits per heavy atom. The van der Waals surface area contributed by atoms with Crippen LogP contribution in [0.15, 0.2) is 10.7 Å². The number of pyridine rings is 1. The Labute approximate surface area is 106 Å². The van der Waals surface area contributed by atoms with Crippen molar-refractivity contribution in [3.05, 3.63) is 25.5 Å². The Hall–Kier alpha value is -0.310. The number of nitrogens with zero attached hydrogens (tertiary/aromatic N) is 1. The molecule has 0 amide bonds. The number of halogens is 4. The molecule has 0 aromatic carbocycles. The lowest BCUT2D eigenvalue weighted by Crippen LogP contribution is -2.08. The molecule has 3 nitrogen and oxygen atoms in total. The minimum atomic E-state index is -2.72. The number of alkyl halides is 2. The molecule has 0 saturated carbocycles. The number of rotatable bonds is 2. The van der Waals surface area contributed by atoms with Crippen LogP contribution in [0.5, 0.6) is 0 Å². The quantitative estimate of drug-likeness (QED) is 0.441. The lowest BCUT2D eigenvalue weighted by atomic mass is 10.2. The van der Waals surface area contributed by atoms with Crippen LogP contribution in [0.3, 0.4) is 0 Å². The third kappa shape index (κ3) is 2.83. The van der Waals surface area contributed by atoms with Crippen molar-refractivity contribution >= 4 is 44.5 Å². The lowest BCUT2D eigenvalue weighted by molar-refractivity contribution is 0.0598. The summed E-state index contributed by atoms with van der Waals surface area (Å²) in [5.41, 5.74) is -0.347. The van der Waals surface area contributed by atoms with Gasteiger partial charge in [0.05, 0.1) is 16.2 Å². The fraction of sp³-hybridized carbons (Fsp3) is 0.250. The Bertz CT molecular complexity index is 400. The van der Waals surface area contributed by atoms with Crippen molar-refractivity contribution < 1.29 is 18.3 Å². The number of carbonyl (C=O) groups is 1. The number of hydrogen-bond acceptors (Lipinski definition) is 3. The van der Waals surface area contributed by atoms with E-state index in [9.17, 15) is 13.6 Å². The van der Waals surface area contributed by atoms with Gasteiger partial charge < -0.3 is 4.74 Å². The highest BCUT2D eigenvalue weighted by atomic mass is 127. The third-order valence-electron chi connectivity index (χ3n) is 1.56. The van der Waals surface area contributed by atoms with E-state index in [0.29, 0.717) is 0 Å². The molecule has 7 heteroatoms. The second kappa shape index (κ2) is 5.15. The van der Waals surface area contributed by atoms with Crippen molar-refractivity contribution in [1.82, 2.24) is 4.98 Å². The highest BCUT2D eigenvalue weighted by Crippen LogP contribution is 2.27. The predicted molar refractivity (Wildman–Crippen MR) is 61.0 cm³/mol. The minimum absolute atomic E-state index is 0.0790. The number of ether oxygens (including phenoxy) is 1. The average Bonchev–Trinajstić information content (AvgIpc) is 2.19. The largest absolute Gasteiger partial charge is 0.465 e. The average molecular weight is 392 g/mol. The van der Waals surface area contributed by atoms with Gasteiger partial charge in [-0.2, -0.15) is 0 Å². The monoisotopic (exact) mass is 391 g/mol. The van der Waals surface area contributed by atoms with Crippen molar-refractivity contribution in [3.63, 3.8) is 0 Å². The first-order valence-corrected chi connectivity index (χ1v) is 5.57. The van der Waals surface area contributed by atoms with E-state index in [4.69, 9.17) is 0 Å². The molecule has 0 spiro atoms. The van der Waals surface area contributed by atoms with Crippen LogP contribution >= 0.6 is 38.5 Å². The maximum atomic E-state index is 12.5. The Morgan fingerprint density at radius 1 is 1.67 bits per heavy atom. The summed E-state index contributed by atoms with van der Waals surface area (Å²) in [4.78, 5) is 14.8. The molecule has 0 bridgehead atoms. The highest BCUT2D eigenvalue weighted by Gasteiger charge is 2.21. The van der Waals surface area contributed by atoms with Crippen LogP contribution in [-0.2, 0) is 4.74 Å². The molecule has 0 aliphatic rings. The van der Waals surface area contributed by atoms with Gasteiger partial charge in [0.2, 0.25) is 0 Å². The zero-order valence-electron chi connectivity index (χ0n) is 7.43. The van der Waals surface area contributed by atoms with Crippen LogP contribution in [0.1, 0.15) is 22.5 Å². The van der Waals surface area contributed by atoms with Crippen molar-refractivity contribution in [2.45, 2.75) is 6.43 Å². The molecule has 0 atom stereocenters. The van der Waals surface area contributed by atoms with E-state index >= 15 is 0 Å². The number of carbonyl (C=O) groups excluding carboxylic acids is 1. The summed E-state index contributed by atoms with van der Waals surface area (Å²) in [6, 6.07) is 1.35. The molecule has 0 N–H and O–H groups in total. The van der Waals surface area contributed by atoms with Gasteiger partial charge in [0.15, 0.2) is 0 Å². The van der Waals surface area contributed by atoms with Gasteiger partial charge in [-0.15, -0.1) is 0 Å². The van der Waals surface area contributed by atoms with E-state index in [-0.39, 0.29) is 13.7 Å². The van der Waals surface area contributed by atoms with Gasteiger partial charge in [0, 0.05) is 0 Å². The maximum Gasteiger partial charge on any atom is 0.339 e. The fourth-order valence-corrected chi connectivity index (χ4v) is 2.07. The molecule has 0 fully saturated rings. The van der Waals surface area contributed by atoms with E-state index in [0.717, 1.165) is 0 Å². The van der Waals surface area contributed by atoms with Gasteiger partial charge in [-0.25, -0.2) is 18.6 Å². The minimum Gasteiger partial charge on any atom is -0.465 e. The zero-order valence-corrected chi connectivity index (χ0v) is 11.2. The van der Waals surface area contributed by atoms with Crippen molar-refractivity contribution in [1.29, 1.82) is 0 Å². The van der Waals surface area contributed by atoms with Crippen LogP contribution in [0, 0.1) is 3.57 Å². The first-order valence-electron chi connectivity index (χ1n) is 3.69. The van der Waals surface area contributed by atoms with Crippen molar-refractivity contribution in [2.75, 3.05) is 7.11 Å². The summed E-state index contributed by atoms with van der Waals surface area (Å²) < 4.78 is 29.8. The van der Waals surface area contributed by atoms with Gasteiger partial charge in [-0.05, 0) is 44.6 Å². The summed E-state index contributed by atoms with van der Waals surface area (Å²) in [7, 11) is 1.19. The number of aromatic nitrogens is 1. The summed E-state index contributed by atoms with van der Waals surface area (Å²) in [5.74, 6) is -0.663. The second-order valence-electron chi connectivity index (χ2n) is 2.48. The molecule has 1 aromatic rings. The molecule has 0 unspecified atom stereocenters. The van der Waals surface area contributed by atoms with Gasteiger partial charge in [0.25, 0.3) is 6.43 Å². The van der Waals surface area contributed by atoms with Crippen molar-refractivity contribution in [3.8, 4) is 0 Å². The molecule has 0 aliphatic carbocycles. The Balaban J connectivity index is 3.34. The Morgan fingerprint density at radius 2 is 2.27 bits per heavy atom. The molecule has 0 saturated heterocycles. The Kier molecular flexibility index (Phi) is 4.38. The van der Waals surface area contributed by atoms with E-state index in [1.165, 1.54) is 13.2 Å². The molecular formula is C8H5BrF2INO2. The summed E-state index contributed by atoms with van der Waals surface area (Å²) in [6.07, 6.45) is -2.72. The molecule has 82 valence electrons. The van der Waals surface area contributed by atoms with Gasteiger partial charge >= 0.3 is 5.97 Å². The summed E-state index contributed by atoms with van der Waals surface area (Å²) in [6.45, 7) is 0. The molecular weight excluding hydrogens is 387 g/mol. The van der Waals surface area contributed by atoms with Crippen LogP contribution in [0.2, 0.25) is 0 Å². The van der Waals surface area contributed by atoms with Crippen LogP contribution < -0.4 is 0 Å². The topological polar surface area (TPSA) is 39.2 Å². The van der Waals surface area contributed by atoms with Gasteiger partial charge in [-0.1, -0.05) is 0 Å². The molecule has 1 rings (SSSR count). The van der Waals surface area contributed by atoms with E-state index in [1.54, 1.807) is 22.6 Å². The zero-order chi connectivity index (χ0) is 11.6. The first kappa shape index (κ1) is 12.8. The number of hydrogen-bond donors (Lipinski definition) is 0. The smallest absolute Gasteiger partial charge is 0.339 e. The van der Waals surface area contributed by atoms with Crippen LogP contribution in [0.4, 0.5) is 8.78 Å². The van der Waals surface area contributed by atoms with Crippen LogP contribution in [-0.4, -0.2) is 18.1 Å². The molecule has 1 aromatic heterocycles. The maximum absolute atomic E-state index is 12.5. The third-order valence-corrected chi connectivity index (χ3v) is 3.10. The summed E-state index contributed by atoms with van der Waals surface area (Å²) in [5, 5.41) is 0. The molecule has 0 aliphatic heterocycles. The SMILES string of the molecule is COC(=O)c1cc(Br)nc(C(F)F)c1I. The number of esters is 1. The van der Waals surface area contributed by atoms with E-state index in [1.807, 2.05) is 0 Å². The van der Waals surface area contributed by atoms with Gasteiger partial charge in [-0.3, -0.25) is 0 Å². The van der Waals surface area contributed by atoms with E-state index < -0.39 is 18.1 Å². The van der Waals surface area contributed by atoms with Crippen molar-refractivity contribution in [2.24, 2.45) is 0 Å². The summed E-state index contributed by atoms with van der Waals surface area (Å²) >= 11 is 4.60. The molecule has 15 heavy (non-hydrogen) atoms. The fourth-order valence-electron chi connectivity index (χ4n) is 0.920.